The summed E-state index contributed by atoms with van der Waals surface area (Å²) in [5, 5.41) is 12.5. The van der Waals surface area contributed by atoms with Gasteiger partial charge in [-0.2, -0.15) is 0 Å². The molecular weight excluding hydrogens is 168 g/mol. The molecule has 1 aliphatic heterocycles. The highest BCUT2D eigenvalue weighted by Crippen LogP contribution is 2.20. The smallest absolute Gasteiger partial charge is 0.178 e. The number of allylic oxidation sites excluding steroid dienone is 1. The van der Waals surface area contributed by atoms with Crippen molar-refractivity contribution >= 4 is 5.69 Å². The van der Waals surface area contributed by atoms with Gasteiger partial charge in [0.05, 0.1) is 11.9 Å². The standard InChI is InChI=1S/C9H9N2O2/c1-7-6-11(10-13-7)8-2-4-9(12)5-3-8/h2-6,10H,1H3. The molecule has 0 unspecified atom stereocenters. The SMILES string of the molecule is CC1=CN(c2ccc([O])cc2)NO1. The van der Waals surface area contributed by atoms with Crippen molar-refractivity contribution in [1.82, 2.24) is 5.59 Å². The van der Waals surface area contributed by atoms with E-state index in [0.29, 0.717) is 0 Å². The quantitative estimate of drug-likeness (QED) is 0.713. The molecule has 1 N–H and O–H groups in total. The van der Waals surface area contributed by atoms with E-state index in [-0.39, 0.29) is 5.75 Å². The summed E-state index contributed by atoms with van der Waals surface area (Å²) in [7, 11) is 0. The minimum Gasteiger partial charge on any atom is -0.392 e. The van der Waals surface area contributed by atoms with E-state index in [9.17, 15) is 5.11 Å². The predicted molar refractivity (Wildman–Crippen MR) is 47.0 cm³/mol. The van der Waals surface area contributed by atoms with Crippen molar-refractivity contribution in [2.45, 2.75) is 6.92 Å². The van der Waals surface area contributed by atoms with Crippen molar-refractivity contribution in [3.05, 3.63) is 36.2 Å². The summed E-state index contributed by atoms with van der Waals surface area (Å²) in [4.78, 5) is 5.01. The summed E-state index contributed by atoms with van der Waals surface area (Å²) in [6.45, 7) is 1.84. The lowest BCUT2D eigenvalue weighted by Gasteiger charge is -2.12. The molecule has 4 nitrogen and oxygen atoms in total. The van der Waals surface area contributed by atoms with Gasteiger partial charge in [-0.25, -0.2) is 5.01 Å². The van der Waals surface area contributed by atoms with Gasteiger partial charge in [0, 0.05) is 0 Å². The summed E-state index contributed by atoms with van der Waals surface area (Å²) in [6.07, 6.45) is 1.81. The van der Waals surface area contributed by atoms with E-state index >= 15 is 0 Å². The van der Waals surface area contributed by atoms with E-state index in [1.807, 2.05) is 6.92 Å². The van der Waals surface area contributed by atoms with Crippen LogP contribution in [-0.2, 0) is 9.94 Å². The molecule has 2 rings (SSSR count). The fourth-order valence-corrected chi connectivity index (χ4v) is 1.09. The van der Waals surface area contributed by atoms with Gasteiger partial charge in [-0.3, -0.25) is 5.11 Å². The molecule has 1 aromatic carbocycles. The molecule has 0 saturated carbocycles. The molecular formula is C9H9N2O2. The Kier molecular flexibility index (Phi) is 1.83. The predicted octanol–water partition coefficient (Wildman–Crippen LogP) is 1.95. The molecule has 1 aromatic rings. The molecule has 0 amide bonds. The van der Waals surface area contributed by atoms with Gasteiger partial charge >= 0.3 is 0 Å². The van der Waals surface area contributed by atoms with Crippen molar-refractivity contribution in [1.29, 1.82) is 0 Å². The number of rotatable bonds is 1. The normalized spacial score (nSPS) is 15.5. The first-order chi connectivity index (χ1) is 6.25. The van der Waals surface area contributed by atoms with Crippen LogP contribution in [0.1, 0.15) is 6.92 Å². The summed E-state index contributed by atoms with van der Waals surface area (Å²) in [5.74, 6) is 0.788. The lowest BCUT2D eigenvalue weighted by Crippen LogP contribution is -2.26. The lowest BCUT2D eigenvalue weighted by atomic mass is 10.3. The Bertz CT molecular complexity index is 332. The van der Waals surface area contributed by atoms with E-state index < -0.39 is 0 Å². The molecule has 1 heterocycles. The zero-order chi connectivity index (χ0) is 9.26. The van der Waals surface area contributed by atoms with Crippen LogP contribution >= 0.6 is 0 Å². The molecule has 0 aliphatic carbocycles. The molecule has 0 spiro atoms. The van der Waals surface area contributed by atoms with Gasteiger partial charge in [-0.15, -0.1) is 0 Å². The zero-order valence-corrected chi connectivity index (χ0v) is 7.15. The summed E-state index contributed by atoms with van der Waals surface area (Å²) in [5.41, 5.74) is 3.55. The van der Waals surface area contributed by atoms with Gasteiger partial charge in [0.1, 0.15) is 5.76 Å². The highest BCUT2D eigenvalue weighted by Gasteiger charge is 2.10. The maximum atomic E-state index is 10.8. The number of hydrogen-bond acceptors (Lipinski definition) is 3. The number of nitrogens with one attached hydrogen (secondary N) is 1. The Labute approximate surface area is 76.0 Å². The first-order valence-electron chi connectivity index (χ1n) is 3.93. The fraction of sp³-hybridized carbons (Fsp3) is 0.111. The number of benzene rings is 1. The topological polar surface area (TPSA) is 44.4 Å². The second-order valence-corrected chi connectivity index (χ2v) is 2.80. The molecule has 13 heavy (non-hydrogen) atoms. The maximum absolute atomic E-state index is 10.8. The average molecular weight is 177 g/mol. The molecule has 67 valence electrons. The summed E-state index contributed by atoms with van der Waals surface area (Å²) >= 11 is 0. The second-order valence-electron chi connectivity index (χ2n) is 2.80. The molecule has 0 fully saturated rings. The second kappa shape index (κ2) is 2.99. The van der Waals surface area contributed by atoms with Crippen LogP contribution in [0, 0.1) is 0 Å². The maximum Gasteiger partial charge on any atom is 0.178 e. The number of anilines is 1. The highest BCUT2D eigenvalue weighted by atomic mass is 16.7. The van der Waals surface area contributed by atoms with Crippen molar-refractivity contribution in [2.24, 2.45) is 0 Å². The number of hydrogen-bond donors (Lipinski definition) is 1. The van der Waals surface area contributed by atoms with Gasteiger partial charge in [-0.1, -0.05) is 5.59 Å². The van der Waals surface area contributed by atoms with Crippen LogP contribution in [-0.4, -0.2) is 0 Å². The fourth-order valence-electron chi connectivity index (χ4n) is 1.09. The van der Waals surface area contributed by atoms with Crippen molar-refractivity contribution in [2.75, 3.05) is 5.01 Å². The highest BCUT2D eigenvalue weighted by molar-refractivity contribution is 5.50. The van der Waals surface area contributed by atoms with E-state index in [1.54, 1.807) is 23.3 Å². The van der Waals surface area contributed by atoms with Crippen LogP contribution < -0.4 is 10.6 Å². The van der Waals surface area contributed by atoms with Gasteiger partial charge in [-0.05, 0) is 31.2 Å². The van der Waals surface area contributed by atoms with E-state index in [2.05, 4.69) is 5.59 Å². The van der Waals surface area contributed by atoms with Gasteiger partial charge in [0.2, 0.25) is 0 Å². The monoisotopic (exact) mass is 177 g/mol. The minimum atomic E-state index is 0.00423. The lowest BCUT2D eigenvalue weighted by molar-refractivity contribution is 0.132. The molecule has 1 aliphatic rings. The third-order valence-electron chi connectivity index (χ3n) is 1.73. The van der Waals surface area contributed by atoms with Gasteiger partial charge in [0.25, 0.3) is 0 Å². The summed E-state index contributed by atoms with van der Waals surface area (Å²) < 4.78 is 0. The summed E-state index contributed by atoms with van der Waals surface area (Å²) in [6, 6.07) is 6.48. The van der Waals surface area contributed by atoms with E-state index in [1.165, 1.54) is 12.1 Å². The zero-order valence-electron chi connectivity index (χ0n) is 7.15. The van der Waals surface area contributed by atoms with Crippen LogP contribution in [0.3, 0.4) is 0 Å². The molecule has 0 aromatic heterocycles. The van der Waals surface area contributed by atoms with Crippen LogP contribution in [0.5, 0.6) is 5.75 Å². The Morgan fingerprint density at radius 3 is 2.54 bits per heavy atom. The largest absolute Gasteiger partial charge is 0.392 e. The third kappa shape index (κ3) is 1.57. The van der Waals surface area contributed by atoms with Crippen LogP contribution in [0.15, 0.2) is 36.2 Å². The van der Waals surface area contributed by atoms with E-state index in [0.717, 1.165) is 11.4 Å². The Balaban J connectivity index is 2.22. The molecule has 1 radical (unpaired) electrons. The first kappa shape index (κ1) is 7.94. The third-order valence-corrected chi connectivity index (χ3v) is 1.73. The molecule has 0 saturated heterocycles. The Hall–Kier alpha value is -1.68. The minimum absolute atomic E-state index is 0.00423. The van der Waals surface area contributed by atoms with Crippen molar-refractivity contribution in [3.63, 3.8) is 0 Å². The number of hydrazine groups is 1. The average Bonchev–Trinajstić information content (AvgIpc) is 2.53. The number of nitrogens with zero attached hydrogens (tertiary/aromatic N) is 1. The van der Waals surface area contributed by atoms with Crippen LogP contribution in [0.4, 0.5) is 5.69 Å². The van der Waals surface area contributed by atoms with Crippen molar-refractivity contribution in [3.8, 4) is 5.75 Å². The van der Waals surface area contributed by atoms with Gasteiger partial charge < -0.3 is 4.84 Å². The van der Waals surface area contributed by atoms with Gasteiger partial charge in [0.15, 0.2) is 5.75 Å². The Morgan fingerprint density at radius 2 is 2.00 bits per heavy atom. The Morgan fingerprint density at radius 1 is 1.31 bits per heavy atom. The van der Waals surface area contributed by atoms with Crippen LogP contribution in [0.2, 0.25) is 0 Å². The molecule has 0 atom stereocenters. The first-order valence-corrected chi connectivity index (χ1v) is 3.93. The van der Waals surface area contributed by atoms with Crippen molar-refractivity contribution < 1.29 is 9.94 Å². The molecule has 4 heteroatoms. The van der Waals surface area contributed by atoms with E-state index in [4.69, 9.17) is 4.84 Å². The molecule has 0 bridgehead atoms. The van der Waals surface area contributed by atoms with Crippen LogP contribution in [0.25, 0.3) is 0 Å².